The molecule has 0 N–H and O–H groups in total. The lowest BCUT2D eigenvalue weighted by Crippen LogP contribution is -2.43. The van der Waals surface area contributed by atoms with E-state index in [9.17, 15) is 0 Å². The van der Waals surface area contributed by atoms with E-state index >= 15 is 0 Å². The van der Waals surface area contributed by atoms with Gasteiger partial charge in [0, 0.05) is 38.4 Å². The molecule has 0 spiro atoms. The molecule has 11 aromatic rings. The van der Waals surface area contributed by atoms with Gasteiger partial charge in [-0.15, -0.1) is 0 Å². The van der Waals surface area contributed by atoms with E-state index in [1.807, 2.05) is 30.3 Å². The van der Waals surface area contributed by atoms with Crippen LogP contribution in [-0.2, 0) is 0 Å². The summed E-state index contributed by atoms with van der Waals surface area (Å²) in [5, 5.41) is 4.57. The zero-order chi connectivity index (χ0) is 43.3. The van der Waals surface area contributed by atoms with Crippen LogP contribution in [0.1, 0.15) is 43.6 Å². The molecule has 8 aromatic carbocycles. The molecule has 3 heterocycles. The zero-order valence-corrected chi connectivity index (χ0v) is 36.5. The van der Waals surface area contributed by atoms with Gasteiger partial charge >= 0.3 is 0 Å². The first-order valence-electron chi connectivity index (χ1n) is 23.7. The molecule has 0 atom stereocenters. The Labute approximate surface area is 383 Å². The summed E-state index contributed by atoms with van der Waals surface area (Å²) in [4.78, 5) is 15.8. The molecule has 4 aliphatic rings. The Morgan fingerprint density at radius 3 is 1.76 bits per heavy atom. The van der Waals surface area contributed by atoms with Gasteiger partial charge in [-0.3, -0.25) is 0 Å². The van der Waals surface area contributed by atoms with Crippen molar-refractivity contribution >= 4 is 43.7 Å². The summed E-state index contributed by atoms with van der Waals surface area (Å²) in [5.41, 5.74) is 13.9. The summed E-state index contributed by atoms with van der Waals surface area (Å²) in [6.45, 7) is 0. The van der Waals surface area contributed by atoms with Crippen LogP contribution in [0.5, 0.6) is 0 Å². The van der Waals surface area contributed by atoms with Crippen molar-refractivity contribution in [2.75, 3.05) is 0 Å². The number of nitrogens with zero attached hydrogens (tertiary/aromatic N) is 4. The molecule has 4 aliphatic carbocycles. The third-order valence-corrected chi connectivity index (χ3v) is 15.4. The van der Waals surface area contributed by atoms with Crippen molar-refractivity contribution in [3.8, 4) is 62.1 Å². The predicted octanol–water partition coefficient (Wildman–Crippen LogP) is 15.7. The molecular formula is C61H46N4O. The normalized spacial score (nSPS) is 20.0. The molecule has 316 valence electrons. The summed E-state index contributed by atoms with van der Waals surface area (Å²) < 4.78 is 8.96. The van der Waals surface area contributed by atoms with Gasteiger partial charge in [-0.05, 0) is 144 Å². The smallest absolute Gasteiger partial charge is 0.167 e. The third kappa shape index (κ3) is 6.17. The summed E-state index contributed by atoms with van der Waals surface area (Å²) in [6, 6.07) is 67.6. The molecule has 0 radical (unpaired) electrons. The van der Waals surface area contributed by atoms with E-state index in [0.717, 1.165) is 84.7 Å². The quantitative estimate of drug-likeness (QED) is 0.160. The Balaban J connectivity index is 0.963. The molecule has 0 amide bonds. The Morgan fingerprint density at radius 2 is 0.985 bits per heavy atom. The van der Waals surface area contributed by atoms with Crippen molar-refractivity contribution in [2.45, 2.75) is 38.0 Å². The van der Waals surface area contributed by atoms with E-state index in [2.05, 4.69) is 162 Å². The molecule has 3 aromatic heterocycles. The van der Waals surface area contributed by atoms with Gasteiger partial charge in [0.15, 0.2) is 17.5 Å². The second-order valence-electron chi connectivity index (χ2n) is 19.3. The highest BCUT2D eigenvalue weighted by Gasteiger charge is 2.48. The Kier molecular flexibility index (Phi) is 8.55. The number of furan rings is 1. The SMILES string of the molecule is c1ccc(-c2nc(-c3cc(-c4ccc(C5C6CC7CC(C6)CC5C7)cc4)cc(-c4ccc5c6ccccc6n(-c6ccccc6)c5c4)c3)nc(-c3cccc4c3oc3ccccc34)n2)cc1. The molecule has 15 rings (SSSR count). The molecule has 4 saturated carbocycles. The first-order chi connectivity index (χ1) is 32.6. The van der Waals surface area contributed by atoms with E-state index in [4.69, 9.17) is 19.4 Å². The van der Waals surface area contributed by atoms with Crippen LogP contribution in [-0.4, -0.2) is 19.5 Å². The topological polar surface area (TPSA) is 56.7 Å². The molecule has 0 saturated heterocycles. The minimum absolute atomic E-state index is 0.573. The Morgan fingerprint density at radius 1 is 0.394 bits per heavy atom. The van der Waals surface area contributed by atoms with Crippen molar-refractivity contribution < 1.29 is 4.42 Å². The number of rotatable bonds is 7. The minimum Gasteiger partial charge on any atom is -0.455 e. The molecular weight excluding hydrogens is 805 g/mol. The van der Waals surface area contributed by atoms with E-state index in [0.29, 0.717) is 23.4 Å². The third-order valence-electron chi connectivity index (χ3n) is 15.4. The predicted molar refractivity (Wildman–Crippen MR) is 268 cm³/mol. The van der Waals surface area contributed by atoms with Crippen LogP contribution < -0.4 is 0 Å². The minimum atomic E-state index is 0.573. The van der Waals surface area contributed by atoms with Crippen LogP contribution in [0, 0.1) is 23.7 Å². The first-order valence-corrected chi connectivity index (χ1v) is 23.7. The summed E-state index contributed by atoms with van der Waals surface area (Å²) in [7, 11) is 0. The van der Waals surface area contributed by atoms with Crippen molar-refractivity contribution in [2.24, 2.45) is 23.7 Å². The average molecular weight is 851 g/mol. The van der Waals surface area contributed by atoms with Gasteiger partial charge in [0.1, 0.15) is 11.2 Å². The molecule has 66 heavy (non-hydrogen) atoms. The molecule has 4 bridgehead atoms. The molecule has 5 nitrogen and oxygen atoms in total. The lowest BCUT2D eigenvalue weighted by Gasteiger charge is -2.54. The highest BCUT2D eigenvalue weighted by Crippen LogP contribution is 2.60. The van der Waals surface area contributed by atoms with Crippen LogP contribution >= 0.6 is 0 Å². The summed E-state index contributed by atoms with van der Waals surface area (Å²) >= 11 is 0. The van der Waals surface area contributed by atoms with Crippen molar-refractivity contribution in [1.29, 1.82) is 0 Å². The van der Waals surface area contributed by atoms with Gasteiger partial charge in [0.05, 0.1) is 16.6 Å². The van der Waals surface area contributed by atoms with Crippen LogP contribution in [0.25, 0.3) is 106 Å². The fraction of sp³-hybridized carbons (Fsp3) is 0.164. The van der Waals surface area contributed by atoms with Gasteiger partial charge in [0.25, 0.3) is 0 Å². The first kappa shape index (κ1) is 37.7. The van der Waals surface area contributed by atoms with Gasteiger partial charge in [-0.25, -0.2) is 15.0 Å². The number of para-hydroxylation sites is 4. The maximum absolute atomic E-state index is 6.56. The fourth-order valence-electron chi connectivity index (χ4n) is 12.7. The zero-order valence-electron chi connectivity index (χ0n) is 36.5. The van der Waals surface area contributed by atoms with E-state index in [-0.39, 0.29) is 0 Å². The van der Waals surface area contributed by atoms with E-state index < -0.39 is 0 Å². The number of fused-ring (bicyclic) bond motifs is 6. The van der Waals surface area contributed by atoms with Crippen molar-refractivity contribution in [3.05, 3.63) is 194 Å². The van der Waals surface area contributed by atoms with Gasteiger partial charge in [0.2, 0.25) is 0 Å². The Hall–Kier alpha value is -7.63. The highest BCUT2D eigenvalue weighted by molar-refractivity contribution is 6.11. The van der Waals surface area contributed by atoms with Crippen LogP contribution in [0.4, 0.5) is 0 Å². The van der Waals surface area contributed by atoms with Crippen molar-refractivity contribution in [3.63, 3.8) is 0 Å². The monoisotopic (exact) mass is 850 g/mol. The number of benzene rings is 8. The highest BCUT2D eigenvalue weighted by atomic mass is 16.3. The standard InChI is InChI=1S/C61H46N4O/c1-3-12-41(13-4-1)59-62-60(64-61(63-59)53-19-11-18-52-51-17-8-10-21-56(51)66-58(52)53)47-34-43(39-22-24-40(25-23-39)57-45-29-37-28-38(31-45)32-46(57)30-37)33-44(35-47)42-26-27-50-49-16-7-9-20-54(49)65(55(50)36-42)48-14-5-2-6-15-48/h1-27,33-38,45-46,57H,28-32H2. The van der Waals surface area contributed by atoms with Crippen LogP contribution in [0.15, 0.2) is 192 Å². The van der Waals surface area contributed by atoms with Crippen molar-refractivity contribution in [1.82, 2.24) is 19.5 Å². The molecule has 0 unspecified atom stereocenters. The number of hydrogen-bond acceptors (Lipinski definition) is 4. The van der Waals surface area contributed by atoms with Gasteiger partial charge in [-0.2, -0.15) is 0 Å². The Bertz CT molecular complexity index is 3630. The average Bonchev–Trinajstić information content (AvgIpc) is 3.92. The number of hydrogen-bond donors (Lipinski definition) is 0. The summed E-state index contributed by atoms with van der Waals surface area (Å²) in [6.07, 6.45) is 7.15. The van der Waals surface area contributed by atoms with Crippen LogP contribution in [0.3, 0.4) is 0 Å². The van der Waals surface area contributed by atoms with Gasteiger partial charge < -0.3 is 8.98 Å². The fourth-order valence-corrected chi connectivity index (χ4v) is 12.7. The van der Waals surface area contributed by atoms with E-state index in [1.54, 1.807) is 0 Å². The molecule has 4 fully saturated rings. The molecule has 0 aliphatic heterocycles. The largest absolute Gasteiger partial charge is 0.455 e. The lowest BCUT2D eigenvalue weighted by atomic mass is 9.51. The van der Waals surface area contributed by atoms with Gasteiger partial charge in [-0.1, -0.05) is 133 Å². The maximum Gasteiger partial charge on any atom is 0.167 e. The second kappa shape index (κ2) is 15.0. The van der Waals surface area contributed by atoms with Crippen LogP contribution in [0.2, 0.25) is 0 Å². The second-order valence-corrected chi connectivity index (χ2v) is 19.3. The number of aromatic nitrogens is 4. The lowest BCUT2D eigenvalue weighted by molar-refractivity contribution is -0.00277. The van der Waals surface area contributed by atoms with E-state index in [1.165, 1.54) is 65.0 Å². The maximum atomic E-state index is 6.56. The summed E-state index contributed by atoms with van der Waals surface area (Å²) in [5.74, 6) is 6.09. The molecule has 5 heteroatoms.